The highest BCUT2D eigenvalue weighted by Crippen LogP contribution is 2.22. The molecule has 1 atom stereocenters. The number of anilines is 1. The van der Waals surface area contributed by atoms with Crippen molar-refractivity contribution in [3.8, 4) is 0 Å². The van der Waals surface area contributed by atoms with Gasteiger partial charge in [-0.3, -0.25) is 13.9 Å². The van der Waals surface area contributed by atoms with Crippen molar-refractivity contribution < 1.29 is 18.0 Å². The summed E-state index contributed by atoms with van der Waals surface area (Å²) in [6, 6.07) is 15.1. The van der Waals surface area contributed by atoms with Crippen molar-refractivity contribution in [1.82, 2.24) is 10.2 Å². The Balaban J connectivity index is 2.28. The number of sulfonamides is 1. The van der Waals surface area contributed by atoms with Gasteiger partial charge in [0.15, 0.2) is 0 Å². The standard InChI is InChI=1S/C21H26ClN3O4S/c1-16(21(27)23-2)24(13-12-17-8-5-4-6-9-17)20(26)15-25(30(3,28)29)19-11-7-10-18(22)14-19/h4-11,14,16H,12-13,15H2,1-3H3,(H,23,27). The van der Waals surface area contributed by atoms with Crippen LogP contribution in [0.5, 0.6) is 0 Å². The zero-order valence-corrected chi connectivity index (χ0v) is 18.8. The minimum Gasteiger partial charge on any atom is -0.357 e. The predicted molar refractivity (Wildman–Crippen MR) is 119 cm³/mol. The first-order valence-electron chi connectivity index (χ1n) is 9.41. The first-order valence-corrected chi connectivity index (χ1v) is 11.6. The Bertz CT molecular complexity index is 983. The number of carbonyl (C=O) groups excluding carboxylic acids is 2. The van der Waals surface area contributed by atoms with Gasteiger partial charge in [0, 0.05) is 18.6 Å². The number of halogens is 1. The summed E-state index contributed by atoms with van der Waals surface area (Å²) in [5.41, 5.74) is 1.29. The molecule has 9 heteroatoms. The minimum atomic E-state index is -3.76. The molecule has 162 valence electrons. The average molecular weight is 452 g/mol. The summed E-state index contributed by atoms with van der Waals surface area (Å²) in [6.07, 6.45) is 1.56. The molecule has 0 aliphatic carbocycles. The number of likely N-dealkylation sites (N-methyl/N-ethyl adjacent to an activating group) is 1. The maximum atomic E-state index is 13.1. The van der Waals surface area contributed by atoms with E-state index in [4.69, 9.17) is 11.6 Å². The van der Waals surface area contributed by atoms with Gasteiger partial charge in [0.1, 0.15) is 12.6 Å². The van der Waals surface area contributed by atoms with E-state index in [2.05, 4.69) is 5.32 Å². The van der Waals surface area contributed by atoms with E-state index in [0.717, 1.165) is 16.1 Å². The van der Waals surface area contributed by atoms with Crippen LogP contribution in [0.3, 0.4) is 0 Å². The van der Waals surface area contributed by atoms with Crippen molar-refractivity contribution >= 4 is 39.1 Å². The second kappa shape index (κ2) is 10.4. The van der Waals surface area contributed by atoms with Gasteiger partial charge in [-0.1, -0.05) is 48.0 Å². The molecule has 0 aliphatic heterocycles. The van der Waals surface area contributed by atoms with Crippen LogP contribution >= 0.6 is 11.6 Å². The normalized spacial score (nSPS) is 12.1. The fourth-order valence-electron chi connectivity index (χ4n) is 3.02. The number of benzene rings is 2. The topological polar surface area (TPSA) is 86.8 Å². The third-order valence-electron chi connectivity index (χ3n) is 4.67. The number of amides is 2. The largest absolute Gasteiger partial charge is 0.357 e. The fraction of sp³-hybridized carbons (Fsp3) is 0.333. The summed E-state index contributed by atoms with van der Waals surface area (Å²) in [5, 5.41) is 2.89. The van der Waals surface area contributed by atoms with E-state index in [1.54, 1.807) is 25.1 Å². The van der Waals surface area contributed by atoms with Gasteiger partial charge in [0.2, 0.25) is 21.8 Å². The third-order valence-corrected chi connectivity index (χ3v) is 6.05. The molecule has 2 rings (SSSR count). The third kappa shape index (κ3) is 6.47. The van der Waals surface area contributed by atoms with Crippen molar-refractivity contribution in [2.24, 2.45) is 0 Å². The van der Waals surface area contributed by atoms with Gasteiger partial charge in [0.05, 0.1) is 11.9 Å². The molecule has 0 spiro atoms. The van der Waals surface area contributed by atoms with Crippen LogP contribution in [0.4, 0.5) is 5.69 Å². The number of rotatable bonds is 9. The summed E-state index contributed by atoms with van der Waals surface area (Å²) in [7, 11) is -2.26. The molecule has 0 fully saturated rings. The predicted octanol–water partition coefficient (Wildman–Crippen LogP) is 2.31. The van der Waals surface area contributed by atoms with E-state index in [1.807, 2.05) is 30.3 Å². The molecular weight excluding hydrogens is 426 g/mol. The van der Waals surface area contributed by atoms with E-state index >= 15 is 0 Å². The lowest BCUT2D eigenvalue weighted by atomic mass is 10.1. The number of nitrogens with one attached hydrogen (secondary N) is 1. The second-order valence-corrected chi connectivity index (χ2v) is 9.21. The molecule has 0 aliphatic rings. The molecule has 30 heavy (non-hydrogen) atoms. The van der Waals surface area contributed by atoms with Crippen LogP contribution in [0.2, 0.25) is 5.02 Å². The van der Waals surface area contributed by atoms with Crippen LogP contribution in [0, 0.1) is 0 Å². The van der Waals surface area contributed by atoms with Gasteiger partial charge >= 0.3 is 0 Å². The fourth-order valence-corrected chi connectivity index (χ4v) is 4.05. The number of hydrogen-bond acceptors (Lipinski definition) is 4. The first-order chi connectivity index (χ1) is 14.1. The Kier molecular flexibility index (Phi) is 8.25. The molecule has 0 saturated heterocycles. The van der Waals surface area contributed by atoms with Crippen LogP contribution in [0.1, 0.15) is 12.5 Å². The Labute approximate surface area is 182 Å². The summed E-state index contributed by atoms with van der Waals surface area (Å²) in [6.45, 7) is 1.45. The van der Waals surface area contributed by atoms with E-state index in [0.29, 0.717) is 11.4 Å². The molecule has 7 nitrogen and oxygen atoms in total. The van der Waals surface area contributed by atoms with Crippen LogP contribution in [0.25, 0.3) is 0 Å². The van der Waals surface area contributed by atoms with E-state index < -0.39 is 28.5 Å². The summed E-state index contributed by atoms with van der Waals surface area (Å²) in [4.78, 5) is 26.8. The molecule has 1 unspecified atom stereocenters. The van der Waals surface area contributed by atoms with Gasteiger partial charge in [-0.05, 0) is 37.1 Å². The van der Waals surface area contributed by atoms with Crippen molar-refractivity contribution in [1.29, 1.82) is 0 Å². The Morgan fingerprint density at radius 2 is 1.77 bits per heavy atom. The maximum Gasteiger partial charge on any atom is 0.244 e. The molecule has 2 aromatic rings. The maximum absolute atomic E-state index is 13.1. The van der Waals surface area contributed by atoms with E-state index in [9.17, 15) is 18.0 Å². The monoisotopic (exact) mass is 451 g/mol. The van der Waals surface area contributed by atoms with Gasteiger partial charge in [-0.25, -0.2) is 8.42 Å². The zero-order valence-electron chi connectivity index (χ0n) is 17.2. The second-order valence-electron chi connectivity index (χ2n) is 6.86. The van der Waals surface area contributed by atoms with Crippen molar-refractivity contribution in [2.75, 3.05) is 30.7 Å². The first kappa shape index (κ1) is 23.7. The smallest absolute Gasteiger partial charge is 0.244 e. The SMILES string of the molecule is CNC(=O)C(C)N(CCc1ccccc1)C(=O)CN(c1cccc(Cl)c1)S(C)(=O)=O. The zero-order chi connectivity index (χ0) is 22.3. The van der Waals surface area contributed by atoms with Crippen molar-refractivity contribution in [3.05, 3.63) is 65.2 Å². The van der Waals surface area contributed by atoms with Crippen LogP contribution in [0.15, 0.2) is 54.6 Å². The van der Waals surface area contributed by atoms with Gasteiger partial charge in [-0.15, -0.1) is 0 Å². The quantitative estimate of drug-likeness (QED) is 0.633. The number of nitrogens with zero attached hydrogens (tertiary/aromatic N) is 2. The molecule has 2 amide bonds. The van der Waals surface area contributed by atoms with Crippen LogP contribution < -0.4 is 9.62 Å². The molecule has 0 heterocycles. The molecule has 0 aromatic heterocycles. The molecule has 2 aromatic carbocycles. The van der Waals surface area contributed by atoms with Gasteiger partial charge in [-0.2, -0.15) is 0 Å². The highest BCUT2D eigenvalue weighted by Gasteiger charge is 2.29. The highest BCUT2D eigenvalue weighted by atomic mass is 35.5. The lowest BCUT2D eigenvalue weighted by Crippen LogP contribution is -2.51. The van der Waals surface area contributed by atoms with Gasteiger partial charge < -0.3 is 10.2 Å². The summed E-state index contributed by atoms with van der Waals surface area (Å²) < 4.78 is 25.7. The van der Waals surface area contributed by atoms with Gasteiger partial charge in [0.25, 0.3) is 0 Å². The molecule has 0 radical (unpaired) electrons. The molecular formula is C21H26ClN3O4S. The Morgan fingerprint density at radius 3 is 2.33 bits per heavy atom. The van der Waals surface area contributed by atoms with Crippen molar-refractivity contribution in [2.45, 2.75) is 19.4 Å². The summed E-state index contributed by atoms with van der Waals surface area (Å²) in [5.74, 6) is -0.808. The van der Waals surface area contributed by atoms with E-state index in [-0.39, 0.29) is 18.1 Å². The number of carbonyl (C=O) groups is 2. The highest BCUT2D eigenvalue weighted by molar-refractivity contribution is 7.92. The van der Waals surface area contributed by atoms with Crippen molar-refractivity contribution in [3.63, 3.8) is 0 Å². The Hall–Kier alpha value is -2.58. The lowest BCUT2D eigenvalue weighted by Gasteiger charge is -2.31. The van der Waals surface area contributed by atoms with Crippen LogP contribution in [-0.4, -0.2) is 57.6 Å². The number of hydrogen-bond donors (Lipinski definition) is 1. The average Bonchev–Trinajstić information content (AvgIpc) is 2.71. The molecule has 1 N–H and O–H groups in total. The minimum absolute atomic E-state index is 0.268. The lowest BCUT2D eigenvalue weighted by molar-refractivity contribution is -0.138. The molecule has 0 saturated carbocycles. The molecule has 0 bridgehead atoms. The van der Waals surface area contributed by atoms with E-state index in [1.165, 1.54) is 18.0 Å². The van der Waals surface area contributed by atoms with Crippen LogP contribution in [-0.2, 0) is 26.0 Å². The summed E-state index contributed by atoms with van der Waals surface area (Å²) >= 11 is 6.00. The Morgan fingerprint density at radius 1 is 1.10 bits per heavy atom.